The number of rotatable bonds is 5. The summed E-state index contributed by atoms with van der Waals surface area (Å²) in [5.41, 5.74) is 6.14. The second kappa shape index (κ2) is 10.4. The minimum atomic E-state index is 0. The first-order chi connectivity index (χ1) is 11.3. The maximum Gasteiger partial charge on any atom is 0.191 e. The molecule has 2 aliphatic rings. The Hall–Kier alpha value is -0.650. The number of hydrogen-bond donors (Lipinski definition) is 1. The summed E-state index contributed by atoms with van der Waals surface area (Å²) < 4.78 is 5.36. The summed E-state index contributed by atoms with van der Waals surface area (Å²) in [4.78, 5) is 15.8. The first-order valence-corrected chi connectivity index (χ1v) is 9.20. The van der Waals surface area contributed by atoms with Gasteiger partial charge in [0.2, 0.25) is 0 Å². The highest BCUT2D eigenvalue weighted by atomic mass is 127. The van der Waals surface area contributed by atoms with Gasteiger partial charge in [0.05, 0.1) is 13.2 Å². The third kappa shape index (κ3) is 5.71. The smallest absolute Gasteiger partial charge is 0.191 e. The average molecular weight is 466 g/mol. The number of guanidine groups is 1. The van der Waals surface area contributed by atoms with E-state index in [0.29, 0.717) is 5.96 Å². The minimum Gasteiger partial charge on any atom is -0.379 e. The standard InChI is InChI=1S/C15H26N6OS.HI/c16-14(17-2-1-4-19-9-11-22-12-10-19)20-5-7-21(8-6-20)15-18-3-13-23-15;/h3,13H,1-2,4-12H2,(H2,16,17);1H. The van der Waals surface area contributed by atoms with Gasteiger partial charge in [-0.05, 0) is 6.42 Å². The number of aromatic nitrogens is 1. The topological polar surface area (TPSA) is 70.2 Å². The summed E-state index contributed by atoms with van der Waals surface area (Å²) in [6.45, 7) is 9.42. The highest BCUT2D eigenvalue weighted by Crippen LogP contribution is 2.18. The van der Waals surface area contributed by atoms with E-state index in [1.165, 1.54) is 0 Å². The highest BCUT2D eigenvalue weighted by Gasteiger charge is 2.19. The molecule has 0 amide bonds. The van der Waals surface area contributed by atoms with Gasteiger partial charge in [-0.15, -0.1) is 35.3 Å². The van der Waals surface area contributed by atoms with Gasteiger partial charge in [-0.2, -0.15) is 0 Å². The van der Waals surface area contributed by atoms with Gasteiger partial charge in [-0.25, -0.2) is 4.98 Å². The van der Waals surface area contributed by atoms with Crippen LogP contribution < -0.4 is 10.6 Å². The lowest BCUT2D eigenvalue weighted by atomic mass is 10.3. The number of nitrogens with two attached hydrogens (primary N) is 1. The zero-order valence-corrected chi connectivity index (χ0v) is 17.1. The van der Waals surface area contributed by atoms with Crippen LogP contribution >= 0.6 is 35.3 Å². The molecule has 2 fully saturated rings. The molecule has 3 heterocycles. The monoisotopic (exact) mass is 466 g/mol. The molecule has 1 aromatic rings. The molecule has 0 atom stereocenters. The quantitative estimate of drug-likeness (QED) is 0.301. The fraction of sp³-hybridized carbons (Fsp3) is 0.733. The van der Waals surface area contributed by atoms with E-state index >= 15 is 0 Å². The van der Waals surface area contributed by atoms with Crippen molar-refractivity contribution >= 4 is 46.4 Å². The van der Waals surface area contributed by atoms with Crippen molar-refractivity contribution in [2.45, 2.75) is 6.42 Å². The van der Waals surface area contributed by atoms with E-state index in [2.05, 4.69) is 24.7 Å². The van der Waals surface area contributed by atoms with Crippen molar-refractivity contribution in [3.05, 3.63) is 11.6 Å². The molecule has 1 aromatic heterocycles. The molecule has 2 N–H and O–H groups in total. The molecule has 0 unspecified atom stereocenters. The third-order valence-electron chi connectivity index (χ3n) is 4.30. The van der Waals surface area contributed by atoms with E-state index in [-0.39, 0.29) is 24.0 Å². The Morgan fingerprint density at radius 1 is 1.21 bits per heavy atom. The Balaban J connectivity index is 0.00000208. The summed E-state index contributed by atoms with van der Waals surface area (Å²) in [5, 5.41) is 3.12. The fourth-order valence-electron chi connectivity index (χ4n) is 2.91. The van der Waals surface area contributed by atoms with Gasteiger partial charge in [0.25, 0.3) is 0 Å². The zero-order chi connectivity index (χ0) is 15.9. The lowest BCUT2D eigenvalue weighted by Gasteiger charge is -2.35. The van der Waals surface area contributed by atoms with Crippen LogP contribution in [0.5, 0.6) is 0 Å². The van der Waals surface area contributed by atoms with Crippen LogP contribution in [0.15, 0.2) is 16.6 Å². The zero-order valence-electron chi connectivity index (χ0n) is 14.0. The van der Waals surface area contributed by atoms with Gasteiger partial charge in [0, 0.05) is 63.9 Å². The fourth-order valence-corrected chi connectivity index (χ4v) is 3.61. The number of nitrogens with zero attached hydrogens (tertiary/aromatic N) is 5. The minimum absolute atomic E-state index is 0. The molecule has 2 saturated heterocycles. The second-order valence-electron chi connectivity index (χ2n) is 5.84. The molecule has 24 heavy (non-hydrogen) atoms. The van der Waals surface area contributed by atoms with Crippen LogP contribution in [-0.4, -0.2) is 86.3 Å². The number of halogens is 1. The number of anilines is 1. The summed E-state index contributed by atoms with van der Waals surface area (Å²) >= 11 is 1.69. The molecule has 0 spiro atoms. The second-order valence-corrected chi connectivity index (χ2v) is 6.71. The Morgan fingerprint density at radius 2 is 1.96 bits per heavy atom. The molecule has 0 aromatic carbocycles. The lowest BCUT2D eigenvalue weighted by molar-refractivity contribution is 0.0377. The maximum atomic E-state index is 6.14. The normalized spacial score (nSPS) is 20.1. The van der Waals surface area contributed by atoms with Crippen LogP contribution in [0, 0.1) is 0 Å². The number of hydrogen-bond acceptors (Lipinski definition) is 6. The van der Waals surface area contributed by atoms with Gasteiger partial charge in [-0.3, -0.25) is 9.89 Å². The SMILES string of the molecule is I.NC(=NCCCN1CCOCC1)N1CCN(c2nccs2)CC1. The molecule has 7 nitrogen and oxygen atoms in total. The molecule has 3 rings (SSSR count). The maximum absolute atomic E-state index is 6.14. The summed E-state index contributed by atoms with van der Waals surface area (Å²) in [6, 6.07) is 0. The van der Waals surface area contributed by atoms with Crippen molar-refractivity contribution in [2.75, 3.05) is 70.5 Å². The van der Waals surface area contributed by atoms with Gasteiger partial charge < -0.3 is 20.3 Å². The van der Waals surface area contributed by atoms with Crippen molar-refractivity contribution in [1.82, 2.24) is 14.8 Å². The van der Waals surface area contributed by atoms with Crippen LogP contribution in [0.3, 0.4) is 0 Å². The van der Waals surface area contributed by atoms with Crippen molar-refractivity contribution in [3.8, 4) is 0 Å². The van der Waals surface area contributed by atoms with Crippen LogP contribution in [0.1, 0.15) is 6.42 Å². The number of ether oxygens (including phenoxy) is 1. The van der Waals surface area contributed by atoms with E-state index in [9.17, 15) is 0 Å². The van der Waals surface area contributed by atoms with Crippen molar-refractivity contribution < 1.29 is 4.74 Å². The largest absolute Gasteiger partial charge is 0.379 e. The first-order valence-electron chi connectivity index (χ1n) is 8.32. The summed E-state index contributed by atoms with van der Waals surface area (Å²) in [6.07, 6.45) is 2.91. The molecule has 0 aliphatic carbocycles. The molecule has 0 bridgehead atoms. The molecule has 136 valence electrons. The highest BCUT2D eigenvalue weighted by molar-refractivity contribution is 14.0. The van der Waals surface area contributed by atoms with Crippen LogP contribution in [0.4, 0.5) is 5.13 Å². The molecular weight excluding hydrogens is 439 g/mol. The van der Waals surface area contributed by atoms with Crippen molar-refractivity contribution in [1.29, 1.82) is 0 Å². The lowest BCUT2D eigenvalue weighted by Crippen LogP contribution is -2.51. The van der Waals surface area contributed by atoms with Crippen molar-refractivity contribution in [3.63, 3.8) is 0 Å². The third-order valence-corrected chi connectivity index (χ3v) is 5.14. The molecule has 9 heteroatoms. The van der Waals surface area contributed by atoms with E-state index in [4.69, 9.17) is 10.5 Å². The summed E-state index contributed by atoms with van der Waals surface area (Å²) in [7, 11) is 0. The van der Waals surface area contributed by atoms with Crippen LogP contribution in [0.25, 0.3) is 0 Å². The van der Waals surface area contributed by atoms with Gasteiger partial charge in [-0.1, -0.05) is 0 Å². The van der Waals surface area contributed by atoms with Gasteiger partial charge in [0.1, 0.15) is 0 Å². The Kier molecular flexibility index (Phi) is 8.50. The first kappa shape index (κ1) is 19.7. The van der Waals surface area contributed by atoms with E-state index in [1.807, 2.05) is 11.6 Å². The van der Waals surface area contributed by atoms with Gasteiger partial charge in [0.15, 0.2) is 11.1 Å². The number of aliphatic imine (C=N–C) groups is 1. The molecule has 2 aliphatic heterocycles. The predicted octanol–water partition coefficient (Wildman–Crippen LogP) is 0.920. The van der Waals surface area contributed by atoms with Crippen LogP contribution in [-0.2, 0) is 4.74 Å². The Bertz CT molecular complexity index is 486. The van der Waals surface area contributed by atoms with E-state index in [1.54, 1.807) is 11.3 Å². The molecule has 0 radical (unpaired) electrons. The Morgan fingerprint density at radius 3 is 2.62 bits per heavy atom. The van der Waals surface area contributed by atoms with E-state index < -0.39 is 0 Å². The van der Waals surface area contributed by atoms with Crippen LogP contribution in [0.2, 0.25) is 0 Å². The molecular formula is C15H27IN6OS. The Labute approximate surface area is 164 Å². The van der Waals surface area contributed by atoms with Gasteiger partial charge >= 0.3 is 0 Å². The number of morpholine rings is 1. The predicted molar refractivity (Wildman–Crippen MR) is 110 cm³/mol. The van der Waals surface area contributed by atoms with E-state index in [0.717, 1.165) is 77.1 Å². The average Bonchev–Trinajstić information content (AvgIpc) is 3.14. The summed E-state index contributed by atoms with van der Waals surface area (Å²) in [5.74, 6) is 0.686. The van der Waals surface area contributed by atoms with Crippen molar-refractivity contribution in [2.24, 2.45) is 10.7 Å². The molecule has 0 saturated carbocycles. The number of piperazine rings is 1. The number of thiazole rings is 1.